The first-order valence-electron chi connectivity index (χ1n) is 6.72. The van der Waals surface area contributed by atoms with Crippen molar-refractivity contribution in [3.05, 3.63) is 23.7 Å². The van der Waals surface area contributed by atoms with Gasteiger partial charge in [0.2, 0.25) is 0 Å². The molecule has 1 fully saturated rings. The maximum absolute atomic E-state index is 11.8. The first-order chi connectivity index (χ1) is 9.06. The summed E-state index contributed by atoms with van der Waals surface area (Å²) < 4.78 is 5.24. The van der Waals surface area contributed by atoms with Crippen LogP contribution in [0.1, 0.15) is 43.0 Å². The molecular weight excluding hydrogens is 242 g/mol. The summed E-state index contributed by atoms with van der Waals surface area (Å²) in [5.41, 5.74) is 3.61. The number of nitrogens with zero attached hydrogens (tertiary/aromatic N) is 2. The van der Waals surface area contributed by atoms with Crippen LogP contribution in [-0.2, 0) is 0 Å². The summed E-state index contributed by atoms with van der Waals surface area (Å²) in [6.07, 6.45) is 1.82. The number of rotatable bonds is 3. The average Bonchev–Trinajstić information content (AvgIpc) is 2.83. The summed E-state index contributed by atoms with van der Waals surface area (Å²) in [5, 5.41) is 4.19. The van der Waals surface area contributed by atoms with E-state index in [2.05, 4.69) is 29.3 Å². The van der Waals surface area contributed by atoms with E-state index in [-0.39, 0.29) is 5.91 Å². The standard InChI is InChI=1S/C14H21N3O2/c1-10(2)17-8-6-12(7-9-17)15-16-14(18)13-5-4-11(3)19-13/h4-5,10H,6-9H2,1-3H3,(H,16,18). The van der Waals surface area contributed by atoms with Gasteiger partial charge in [0.05, 0.1) is 0 Å². The fraction of sp³-hybridized carbons (Fsp3) is 0.571. The van der Waals surface area contributed by atoms with Gasteiger partial charge in [0.1, 0.15) is 5.76 Å². The lowest BCUT2D eigenvalue weighted by Gasteiger charge is -2.30. The van der Waals surface area contributed by atoms with Gasteiger partial charge in [0.25, 0.3) is 0 Å². The predicted molar refractivity (Wildman–Crippen MR) is 74.3 cm³/mol. The molecule has 19 heavy (non-hydrogen) atoms. The Morgan fingerprint density at radius 2 is 2.05 bits per heavy atom. The van der Waals surface area contributed by atoms with Gasteiger partial charge < -0.3 is 9.32 Å². The number of hydrogen-bond acceptors (Lipinski definition) is 4. The highest BCUT2D eigenvalue weighted by Crippen LogP contribution is 2.10. The Labute approximate surface area is 113 Å². The molecule has 1 aromatic rings. The maximum Gasteiger partial charge on any atom is 0.307 e. The number of likely N-dealkylation sites (tertiary alicyclic amines) is 1. The zero-order chi connectivity index (χ0) is 13.8. The second-order valence-electron chi connectivity index (χ2n) is 5.16. The molecule has 1 amide bonds. The van der Waals surface area contributed by atoms with Crippen LogP contribution < -0.4 is 5.43 Å². The van der Waals surface area contributed by atoms with Gasteiger partial charge in [-0.05, 0) is 32.9 Å². The van der Waals surface area contributed by atoms with Crippen molar-refractivity contribution in [2.24, 2.45) is 5.10 Å². The quantitative estimate of drug-likeness (QED) is 0.850. The highest BCUT2D eigenvalue weighted by atomic mass is 16.3. The van der Waals surface area contributed by atoms with Crippen LogP contribution in [-0.4, -0.2) is 35.7 Å². The topological polar surface area (TPSA) is 57.8 Å². The third-order valence-corrected chi connectivity index (χ3v) is 3.39. The van der Waals surface area contributed by atoms with E-state index < -0.39 is 0 Å². The van der Waals surface area contributed by atoms with Crippen LogP contribution in [0.15, 0.2) is 21.7 Å². The van der Waals surface area contributed by atoms with Crippen molar-refractivity contribution in [1.82, 2.24) is 10.3 Å². The van der Waals surface area contributed by atoms with Gasteiger partial charge in [-0.2, -0.15) is 5.10 Å². The molecule has 5 nitrogen and oxygen atoms in total. The Morgan fingerprint density at radius 3 is 2.58 bits per heavy atom. The average molecular weight is 263 g/mol. The zero-order valence-electron chi connectivity index (χ0n) is 11.8. The van der Waals surface area contributed by atoms with Gasteiger partial charge in [-0.1, -0.05) is 0 Å². The minimum Gasteiger partial charge on any atom is -0.456 e. The summed E-state index contributed by atoms with van der Waals surface area (Å²) in [6, 6.07) is 4.00. The van der Waals surface area contributed by atoms with E-state index >= 15 is 0 Å². The van der Waals surface area contributed by atoms with Crippen molar-refractivity contribution in [3.8, 4) is 0 Å². The number of amides is 1. The minimum absolute atomic E-state index is 0.285. The Morgan fingerprint density at radius 1 is 1.37 bits per heavy atom. The first kappa shape index (κ1) is 13.8. The smallest absolute Gasteiger partial charge is 0.307 e. The van der Waals surface area contributed by atoms with E-state index in [0.717, 1.165) is 37.4 Å². The highest BCUT2D eigenvalue weighted by molar-refractivity contribution is 5.93. The lowest BCUT2D eigenvalue weighted by molar-refractivity contribution is 0.0925. The molecule has 0 atom stereocenters. The van der Waals surface area contributed by atoms with Crippen molar-refractivity contribution < 1.29 is 9.21 Å². The molecule has 104 valence electrons. The van der Waals surface area contributed by atoms with Gasteiger partial charge in [0, 0.05) is 37.7 Å². The Balaban J connectivity index is 1.85. The second kappa shape index (κ2) is 6.02. The SMILES string of the molecule is Cc1ccc(C(=O)NN=C2CCN(C(C)C)CC2)o1. The summed E-state index contributed by atoms with van der Waals surface area (Å²) in [4.78, 5) is 14.2. The molecule has 0 aromatic carbocycles. The molecule has 1 aliphatic heterocycles. The third kappa shape index (κ3) is 3.67. The minimum atomic E-state index is -0.285. The Kier molecular flexibility index (Phi) is 4.37. The van der Waals surface area contributed by atoms with Crippen LogP contribution in [0.2, 0.25) is 0 Å². The van der Waals surface area contributed by atoms with Crippen LogP contribution >= 0.6 is 0 Å². The molecule has 1 saturated heterocycles. The number of carbonyl (C=O) groups excluding carboxylic acids is 1. The van der Waals surface area contributed by atoms with Crippen molar-refractivity contribution >= 4 is 11.6 Å². The third-order valence-electron chi connectivity index (χ3n) is 3.39. The molecule has 1 N–H and O–H groups in total. The van der Waals surface area contributed by atoms with Crippen molar-refractivity contribution in [3.63, 3.8) is 0 Å². The molecule has 0 saturated carbocycles. The lowest BCUT2D eigenvalue weighted by Crippen LogP contribution is -2.39. The highest BCUT2D eigenvalue weighted by Gasteiger charge is 2.17. The van der Waals surface area contributed by atoms with Gasteiger partial charge in [0.15, 0.2) is 5.76 Å². The molecule has 2 heterocycles. The molecule has 0 bridgehead atoms. The Bertz CT molecular complexity index is 467. The number of carbonyl (C=O) groups is 1. The molecule has 0 aliphatic carbocycles. The van der Waals surface area contributed by atoms with Crippen LogP contribution in [0, 0.1) is 6.92 Å². The molecule has 5 heteroatoms. The fourth-order valence-corrected chi connectivity index (χ4v) is 2.15. The first-order valence-corrected chi connectivity index (χ1v) is 6.72. The molecule has 0 unspecified atom stereocenters. The summed E-state index contributed by atoms with van der Waals surface area (Å²) >= 11 is 0. The predicted octanol–water partition coefficient (Wildman–Crippen LogP) is 2.18. The number of hydrazone groups is 1. The Hall–Kier alpha value is -1.62. The maximum atomic E-state index is 11.8. The van der Waals surface area contributed by atoms with Gasteiger partial charge in [-0.25, -0.2) is 5.43 Å². The van der Waals surface area contributed by atoms with E-state index in [9.17, 15) is 4.79 Å². The van der Waals surface area contributed by atoms with Crippen LogP contribution in [0.5, 0.6) is 0 Å². The van der Waals surface area contributed by atoms with Gasteiger partial charge >= 0.3 is 5.91 Å². The van der Waals surface area contributed by atoms with Gasteiger partial charge in [-0.15, -0.1) is 0 Å². The number of aryl methyl sites for hydroxylation is 1. The molecule has 1 aromatic heterocycles. The van der Waals surface area contributed by atoms with Crippen LogP contribution in [0.3, 0.4) is 0 Å². The molecule has 1 aliphatic rings. The van der Waals surface area contributed by atoms with E-state index in [1.54, 1.807) is 12.1 Å². The number of piperidine rings is 1. The fourth-order valence-electron chi connectivity index (χ4n) is 2.15. The summed E-state index contributed by atoms with van der Waals surface area (Å²) in [5.74, 6) is 0.747. The van der Waals surface area contributed by atoms with Crippen LogP contribution in [0.25, 0.3) is 0 Å². The largest absolute Gasteiger partial charge is 0.456 e. The molecule has 0 spiro atoms. The molecule has 2 rings (SSSR count). The number of hydrogen-bond donors (Lipinski definition) is 1. The van der Waals surface area contributed by atoms with E-state index in [1.165, 1.54) is 0 Å². The van der Waals surface area contributed by atoms with E-state index in [1.807, 2.05) is 6.92 Å². The number of nitrogens with one attached hydrogen (secondary N) is 1. The monoisotopic (exact) mass is 263 g/mol. The zero-order valence-corrected chi connectivity index (χ0v) is 11.8. The van der Waals surface area contributed by atoms with Crippen molar-refractivity contribution in [1.29, 1.82) is 0 Å². The second-order valence-corrected chi connectivity index (χ2v) is 5.16. The van der Waals surface area contributed by atoms with E-state index in [4.69, 9.17) is 4.42 Å². The summed E-state index contributed by atoms with van der Waals surface area (Å²) in [7, 11) is 0. The van der Waals surface area contributed by atoms with Crippen molar-refractivity contribution in [2.45, 2.75) is 39.7 Å². The lowest BCUT2D eigenvalue weighted by atomic mass is 10.1. The van der Waals surface area contributed by atoms with Crippen LogP contribution in [0.4, 0.5) is 0 Å². The van der Waals surface area contributed by atoms with E-state index in [0.29, 0.717) is 11.8 Å². The van der Waals surface area contributed by atoms with Crippen molar-refractivity contribution in [2.75, 3.05) is 13.1 Å². The van der Waals surface area contributed by atoms with Gasteiger partial charge in [-0.3, -0.25) is 4.79 Å². The molecule has 0 radical (unpaired) electrons. The summed E-state index contributed by atoms with van der Waals surface area (Å²) in [6.45, 7) is 8.22. The normalized spacial score (nSPS) is 16.7. The molecular formula is C14H21N3O2. The number of furan rings is 1.